The maximum atomic E-state index is 13.4. The van der Waals surface area contributed by atoms with E-state index in [0.717, 1.165) is 0 Å². The first-order chi connectivity index (χ1) is 6.72. The fourth-order valence-electron chi connectivity index (χ4n) is 1.43. The van der Waals surface area contributed by atoms with E-state index in [1.54, 1.807) is 18.3 Å². The third-order valence-corrected chi connectivity index (χ3v) is 2.29. The van der Waals surface area contributed by atoms with Gasteiger partial charge >= 0.3 is 0 Å². The molecule has 2 aromatic rings. The Kier molecular flexibility index (Phi) is 2.35. The van der Waals surface area contributed by atoms with Crippen molar-refractivity contribution in [2.45, 2.75) is 6.54 Å². The smallest absolute Gasteiger partial charge is 0.132 e. The number of hydrogen-bond acceptors (Lipinski definition) is 2. The fraction of sp³-hybridized carbons (Fsp3) is 0.100. The number of nitrogens with two attached hydrogens (primary N) is 1. The van der Waals surface area contributed by atoms with Crippen LogP contribution >= 0.6 is 11.6 Å². The van der Waals surface area contributed by atoms with E-state index < -0.39 is 0 Å². The zero-order chi connectivity index (χ0) is 10.1. The summed E-state index contributed by atoms with van der Waals surface area (Å²) in [4.78, 5) is 4.06. The predicted octanol–water partition coefficient (Wildman–Crippen LogP) is 2.49. The predicted molar refractivity (Wildman–Crippen MR) is 54.6 cm³/mol. The summed E-state index contributed by atoms with van der Waals surface area (Å²) in [7, 11) is 0. The molecule has 0 atom stereocenters. The number of benzene rings is 1. The van der Waals surface area contributed by atoms with Crippen LogP contribution in [0.25, 0.3) is 10.8 Å². The molecular formula is C10H8ClFN2. The van der Waals surface area contributed by atoms with E-state index in [4.69, 9.17) is 17.3 Å². The molecule has 2 N–H and O–H groups in total. The minimum Gasteiger partial charge on any atom is -0.325 e. The van der Waals surface area contributed by atoms with E-state index in [1.807, 2.05) is 0 Å². The van der Waals surface area contributed by atoms with Crippen molar-refractivity contribution in [1.29, 1.82) is 0 Å². The van der Waals surface area contributed by atoms with Crippen LogP contribution in [0.1, 0.15) is 5.69 Å². The summed E-state index contributed by atoms with van der Waals surface area (Å²) in [6.07, 6.45) is 1.54. The van der Waals surface area contributed by atoms with Crippen molar-refractivity contribution < 1.29 is 4.39 Å². The average molecular weight is 211 g/mol. The Hall–Kier alpha value is -1.19. The number of halogens is 2. The van der Waals surface area contributed by atoms with Crippen LogP contribution in [0.15, 0.2) is 24.4 Å². The Morgan fingerprint density at radius 2 is 2.14 bits per heavy atom. The summed E-state index contributed by atoms with van der Waals surface area (Å²) >= 11 is 5.74. The minimum atomic E-state index is -0.343. The second kappa shape index (κ2) is 3.52. The lowest BCUT2D eigenvalue weighted by Crippen LogP contribution is -2.00. The normalized spacial score (nSPS) is 10.8. The van der Waals surface area contributed by atoms with Gasteiger partial charge < -0.3 is 5.73 Å². The number of rotatable bonds is 1. The van der Waals surface area contributed by atoms with Crippen molar-refractivity contribution >= 4 is 22.4 Å². The average Bonchev–Trinajstić information content (AvgIpc) is 2.17. The van der Waals surface area contributed by atoms with Gasteiger partial charge in [0, 0.05) is 28.5 Å². The summed E-state index contributed by atoms with van der Waals surface area (Å²) in [5.74, 6) is -0.343. The topological polar surface area (TPSA) is 38.9 Å². The molecule has 0 spiro atoms. The summed E-state index contributed by atoms with van der Waals surface area (Å²) < 4.78 is 13.4. The molecule has 0 saturated heterocycles. The van der Waals surface area contributed by atoms with Gasteiger partial charge in [-0.2, -0.15) is 0 Å². The van der Waals surface area contributed by atoms with Gasteiger partial charge in [-0.1, -0.05) is 11.6 Å². The van der Waals surface area contributed by atoms with Crippen LogP contribution in [-0.2, 0) is 6.54 Å². The molecular weight excluding hydrogens is 203 g/mol. The SMILES string of the molecule is NCc1nccc2c(F)cc(Cl)cc12. The van der Waals surface area contributed by atoms with Crippen LogP contribution in [0.2, 0.25) is 5.02 Å². The summed E-state index contributed by atoms with van der Waals surface area (Å²) in [6.45, 7) is 0.275. The third-order valence-electron chi connectivity index (χ3n) is 2.07. The molecule has 1 aromatic heterocycles. The lowest BCUT2D eigenvalue weighted by Gasteiger charge is -2.04. The molecule has 0 saturated carbocycles. The molecule has 2 nitrogen and oxygen atoms in total. The van der Waals surface area contributed by atoms with Crippen molar-refractivity contribution in [2.75, 3.05) is 0 Å². The van der Waals surface area contributed by atoms with Crippen molar-refractivity contribution in [2.24, 2.45) is 5.73 Å². The van der Waals surface area contributed by atoms with Gasteiger partial charge in [0.25, 0.3) is 0 Å². The first-order valence-electron chi connectivity index (χ1n) is 4.15. The number of hydrogen-bond donors (Lipinski definition) is 1. The van der Waals surface area contributed by atoms with E-state index in [2.05, 4.69) is 4.98 Å². The molecule has 0 amide bonds. The molecule has 2 rings (SSSR count). The molecule has 4 heteroatoms. The van der Waals surface area contributed by atoms with Gasteiger partial charge in [0.2, 0.25) is 0 Å². The summed E-state index contributed by atoms with van der Waals surface area (Å²) in [6, 6.07) is 4.57. The van der Waals surface area contributed by atoms with Crippen LogP contribution in [0, 0.1) is 5.82 Å². The molecule has 72 valence electrons. The van der Waals surface area contributed by atoms with Gasteiger partial charge in [0.05, 0.1) is 5.69 Å². The van der Waals surface area contributed by atoms with Crippen molar-refractivity contribution in [3.63, 3.8) is 0 Å². The highest BCUT2D eigenvalue weighted by molar-refractivity contribution is 6.31. The molecule has 0 unspecified atom stereocenters. The number of aromatic nitrogens is 1. The first kappa shape index (κ1) is 9.37. The maximum absolute atomic E-state index is 13.4. The number of nitrogens with zero attached hydrogens (tertiary/aromatic N) is 1. The highest BCUT2D eigenvalue weighted by Gasteiger charge is 2.06. The van der Waals surface area contributed by atoms with Gasteiger partial charge in [0.15, 0.2) is 0 Å². The Bertz CT molecular complexity index is 485. The van der Waals surface area contributed by atoms with Crippen LogP contribution in [0.5, 0.6) is 0 Å². The summed E-state index contributed by atoms with van der Waals surface area (Å²) in [5, 5.41) is 1.54. The molecule has 0 aliphatic carbocycles. The van der Waals surface area contributed by atoms with E-state index >= 15 is 0 Å². The largest absolute Gasteiger partial charge is 0.325 e. The van der Waals surface area contributed by atoms with Gasteiger partial charge in [-0.3, -0.25) is 4.98 Å². The Balaban J connectivity index is 2.86. The van der Waals surface area contributed by atoms with Gasteiger partial charge in [0.1, 0.15) is 5.82 Å². The van der Waals surface area contributed by atoms with Crippen molar-refractivity contribution in [3.05, 3.63) is 40.9 Å². The molecule has 0 radical (unpaired) electrons. The molecule has 1 aromatic carbocycles. The Morgan fingerprint density at radius 3 is 2.86 bits per heavy atom. The van der Waals surface area contributed by atoms with E-state index in [9.17, 15) is 4.39 Å². The molecule has 0 fully saturated rings. The molecule has 0 aliphatic rings. The Morgan fingerprint density at radius 1 is 1.36 bits per heavy atom. The van der Waals surface area contributed by atoms with Crippen LogP contribution in [0.3, 0.4) is 0 Å². The van der Waals surface area contributed by atoms with Gasteiger partial charge in [-0.15, -0.1) is 0 Å². The standard InChI is InChI=1S/C10H8ClFN2/c11-6-3-8-7(9(12)4-6)1-2-14-10(8)5-13/h1-4H,5,13H2. The quantitative estimate of drug-likeness (QED) is 0.786. The zero-order valence-corrected chi connectivity index (χ0v) is 8.05. The van der Waals surface area contributed by atoms with Crippen LogP contribution in [-0.4, -0.2) is 4.98 Å². The van der Waals surface area contributed by atoms with Crippen LogP contribution in [0.4, 0.5) is 4.39 Å². The van der Waals surface area contributed by atoms with Gasteiger partial charge in [-0.25, -0.2) is 4.39 Å². The number of fused-ring (bicyclic) bond motifs is 1. The highest BCUT2D eigenvalue weighted by atomic mass is 35.5. The van der Waals surface area contributed by atoms with Gasteiger partial charge in [-0.05, 0) is 18.2 Å². The second-order valence-corrected chi connectivity index (χ2v) is 3.38. The van der Waals surface area contributed by atoms with Crippen LogP contribution < -0.4 is 5.73 Å². The highest BCUT2D eigenvalue weighted by Crippen LogP contribution is 2.24. The maximum Gasteiger partial charge on any atom is 0.132 e. The van der Waals surface area contributed by atoms with Crippen molar-refractivity contribution in [3.8, 4) is 0 Å². The number of pyridine rings is 1. The third kappa shape index (κ3) is 1.45. The first-order valence-corrected chi connectivity index (χ1v) is 4.53. The fourth-order valence-corrected chi connectivity index (χ4v) is 1.63. The lowest BCUT2D eigenvalue weighted by atomic mass is 10.1. The Labute approximate surface area is 85.5 Å². The summed E-state index contributed by atoms with van der Waals surface area (Å²) in [5.41, 5.74) is 6.14. The van der Waals surface area contributed by atoms with Crippen molar-refractivity contribution in [1.82, 2.24) is 4.98 Å². The molecule has 0 bridgehead atoms. The van der Waals surface area contributed by atoms with E-state index in [1.165, 1.54) is 6.07 Å². The second-order valence-electron chi connectivity index (χ2n) is 2.94. The lowest BCUT2D eigenvalue weighted by molar-refractivity contribution is 0.639. The molecule has 0 aliphatic heterocycles. The zero-order valence-electron chi connectivity index (χ0n) is 7.30. The van der Waals surface area contributed by atoms with E-state index in [-0.39, 0.29) is 12.4 Å². The monoisotopic (exact) mass is 210 g/mol. The molecule has 1 heterocycles. The molecule has 14 heavy (non-hydrogen) atoms. The van der Waals surface area contributed by atoms with E-state index in [0.29, 0.717) is 21.5 Å². The minimum absolute atomic E-state index is 0.275.